The fourth-order valence-corrected chi connectivity index (χ4v) is 10.2. The molecule has 0 amide bonds. The van der Waals surface area contributed by atoms with Gasteiger partial charge in [-0.2, -0.15) is 0 Å². The normalized spacial score (nSPS) is 20.6. The molecule has 0 aromatic heterocycles. The first-order valence-corrected chi connectivity index (χ1v) is 11.4. The van der Waals surface area contributed by atoms with Crippen LogP contribution in [0.25, 0.3) is 12.2 Å². The molecular weight excluding hydrogens is 299 g/mol. The fraction of sp³-hybridized carbons (Fsp3) is 0.273. The number of hydrogen-bond acceptors (Lipinski definition) is 0. The molecule has 0 spiro atoms. The van der Waals surface area contributed by atoms with Crippen LogP contribution in [0.1, 0.15) is 48.6 Å². The predicted octanol–water partition coefficient (Wildman–Crippen LogP) is 3.29. The van der Waals surface area contributed by atoms with Gasteiger partial charge in [-0.05, 0) is 33.3 Å². The van der Waals surface area contributed by atoms with E-state index in [1.165, 1.54) is 23.2 Å². The fourth-order valence-electron chi connectivity index (χ4n) is 4.82. The second-order valence-electron chi connectivity index (χ2n) is 6.87. The Balaban J connectivity index is 0.00000113. The van der Waals surface area contributed by atoms with Gasteiger partial charge in [0.2, 0.25) is 0 Å². The zero-order valence-corrected chi connectivity index (χ0v) is 16.0. The summed E-state index contributed by atoms with van der Waals surface area (Å²) in [5.41, 5.74) is 7.31. The summed E-state index contributed by atoms with van der Waals surface area (Å²) in [6, 6.07) is 20.7. The number of rotatable bonds is 4. The molecule has 0 saturated heterocycles. The smallest absolute Gasteiger partial charge is 1.00 e. The van der Waals surface area contributed by atoms with E-state index in [1.54, 1.807) is 11.1 Å². The molecular formula is C22H25LiSi. The van der Waals surface area contributed by atoms with E-state index >= 15 is 0 Å². The minimum atomic E-state index is -1.55. The molecule has 0 heterocycles. The molecule has 2 aromatic rings. The van der Waals surface area contributed by atoms with E-state index < -0.39 is 8.07 Å². The molecule has 4 rings (SSSR count). The maximum Gasteiger partial charge on any atom is 1.00 e. The predicted molar refractivity (Wildman–Crippen MR) is 104 cm³/mol. The van der Waals surface area contributed by atoms with E-state index in [4.69, 9.17) is 0 Å². The van der Waals surface area contributed by atoms with Crippen molar-refractivity contribution in [2.45, 2.75) is 37.0 Å². The van der Waals surface area contributed by atoms with Crippen LogP contribution in [0.2, 0.25) is 12.1 Å². The van der Waals surface area contributed by atoms with Gasteiger partial charge in [-0.3, -0.25) is 0 Å². The van der Waals surface area contributed by atoms with Gasteiger partial charge in [0.1, 0.15) is 0 Å². The van der Waals surface area contributed by atoms with Gasteiger partial charge in [0.15, 0.2) is 0 Å². The first-order chi connectivity index (χ1) is 11.3. The molecule has 2 atom stereocenters. The van der Waals surface area contributed by atoms with Crippen molar-refractivity contribution < 1.29 is 20.3 Å². The van der Waals surface area contributed by atoms with E-state index in [1.807, 2.05) is 0 Å². The van der Waals surface area contributed by atoms with Gasteiger partial charge in [-0.25, -0.2) is 0 Å². The van der Waals surface area contributed by atoms with Crippen molar-refractivity contribution in [3.8, 4) is 0 Å². The van der Waals surface area contributed by atoms with Crippen LogP contribution < -0.4 is 18.9 Å². The van der Waals surface area contributed by atoms with E-state index in [0.29, 0.717) is 11.1 Å². The molecule has 2 aromatic carbocycles. The molecule has 2 unspecified atom stereocenters. The standard InChI is InChI=1S/C22H24Si.Li.H/c1-3-23(4-2,21-15-13-17-9-5-7-11-19(17)21)22-16-14-18-10-6-8-12-20(18)22;;/h5-16,21-22H,3-4H2,1-2H3;;/q;+1;-1. The van der Waals surface area contributed by atoms with Crippen molar-refractivity contribution in [1.82, 2.24) is 0 Å². The molecule has 0 radical (unpaired) electrons. The number of benzene rings is 2. The summed E-state index contributed by atoms with van der Waals surface area (Å²) in [7, 11) is -1.55. The number of fused-ring (bicyclic) bond motifs is 2. The topological polar surface area (TPSA) is 0 Å². The Morgan fingerprint density at radius 3 is 1.58 bits per heavy atom. The van der Waals surface area contributed by atoms with Crippen LogP contribution in [-0.2, 0) is 0 Å². The minimum absolute atomic E-state index is 0. The van der Waals surface area contributed by atoms with Crippen LogP contribution >= 0.6 is 0 Å². The largest absolute Gasteiger partial charge is 1.00 e. The molecule has 0 aliphatic heterocycles. The summed E-state index contributed by atoms with van der Waals surface area (Å²) in [5, 5.41) is 0. The third-order valence-electron chi connectivity index (χ3n) is 6.15. The Bertz CT molecular complexity index is 729. The first-order valence-electron chi connectivity index (χ1n) is 8.84. The van der Waals surface area contributed by atoms with Crippen molar-refractivity contribution in [2.24, 2.45) is 0 Å². The number of allylic oxidation sites excluding steroid dienone is 2. The Hall–Kier alpha value is -1.27. The van der Waals surface area contributed by atoms with E-state index in [0.717, 1.165) is 0 Å². The summed E-state index contributed by atoms with van der Waals surface area (Å²) in [5.74, 6) is 0. The monoisotopic (exact) mass is 324 g/mol. The molecule has 0 saturated carbocycles. The average Bonchev–Trinajstić information content (AvgIpc) is 3.23. The summed E-state index contributed by atoms with van der Waals surface area (Å²) in [4.78, 5) is 0. The minimum Gasteiger partial charge on any atom is -1.00 e. The molecule has 2 heteroatoms. The Morgan fingerprint density at radius 1 is 0.750 bits per heavy atom. The zero-order valence-electron chi connectivity index (χ0n) is 16.0. The van der Waals surface area contributed by atoms with Crippen molar-refractivity contribution in [1.29, 1.82) is 0 Å². The quantitative estimate of drug-likeness (QED) is 0.757. The van der Waals surface area contributed by atoms with Gasteiger partial charge >= 0.3 is 18.9 Å². The second-order valence-corrected chi connectivity index (χ2v) is 12.0. The van der Waals surface area contributed by atoms with E-state index in [9.17, 15) is 0 Å². The summed E-state index contributed by atoms with van der Waals surface area (Å²) in [6.07, 6.45) is 9.74. The molecule has 0 fully saturated rings. The number of hydrogen-bond donors (Lipinski definition) is 0. The van der Waals surface area contributed by atoms with Crippen LogP contribution in [0.4, 0.5) is 0 Å². The Kier molecular flexibility index (Phi) is 5.06. The second kappa shape index (κ2) is 6.92. The van der Waals surface area contributed by atoms with Crippen LogP contribution in [-0.4, -0.2) is 8.07 Å². The third-order valence-corrected chi connectivity index (χ3v) is 12.3. The molecule has 24 heavy (non-hydrogen) atoms. The molecule has 118 valence electrons. The van der Waals surface area contributed by atoms with Gasteiger partial charge in [0.05, 0.1) is 8.07 Å². The molecule has 2 aliphatic carbocycles. The molecule has 0 N–H and O–H groups in total. The van der Waals surface area contributed by atoms with E-state index in [2.05, 4.69) is 86.7 Å². The Labute approximate surface area is 160 Å². The summed E-state index contributed by atoms with van der Waals surface area (Å²) < 4.78 is 0. The average molecular weight is 324 g/mol. The SMILES string of the molecule is CC[Si](CC)(C1C=Cc2ccccc21)C1C=Cc2ccccc21.[H-].[Li+]. The van der Waals surface area contributed by atoms with Gasteiger partial charge in [0, 0.05) is 0 Å². The van der Waals surface area contributed by atoms with Crippen molar-refractivity contribution in [2.75, 3.05) is 0 Å². The third kappa shape index (κ3) is 2.51. The van der Waals surface area contributed by atoms with Crippen molar-refractivity contribution in [3.63, 3.8) is 0 Å². The Morgan fingerprint density at radius 2 is 1.17 bits per heavy atom. The van der Waals surface area contributed by atoms with Gasteiger partial charge in [-0.15, -0.1) is 0 Å². The maximum atomic E-state index is 2.51. The zero-order chi connectivity index (χ0) is 15.9. The molecule has 0 nitrogen and oxygen atoms in total. The van der Waals surface area contributed by atoms with Crippen molar-refractivity contribution >= 4 is 20.2 Å². The first kappa shape index (κ1) is 17.6. The van der Waals surface area contributed by atoms with Crippen LogP contribution in [0.15, 0.2) is 60.7 Å². The molecule has 0 bridgehead atoms. The van der Waals surface area contributed by atoms with Crippen LogP contribution in [0.5, 0.6) is 0 Å². The molecule has 2 aliphatic rings. The van der Waals surface area contributed by atoms with Crippen molar-refractivity contribution in [3.05, 3.63) is 82.9 Å². The maximum absolute atomic E-state index is 2.51. The van der Waals surface area contributed by atoms with Gasteiger partial charge in [0.25, 0.3) is 0 Å². The summed E-state index contributed by atoms with van der Waals surface area (Å²) in [6.45, 7) is 4.86. The van der Waals surface area contributed by atoms with E-state index in [-0.39, 0.29) is 20.3 Å². The van der Waals surface area contributed by atoms with Gasteiger partial charge in [-0.1, -0.05) is 98.8 Å². The summed E-state index contributed by atoms with van der Waals surface area (Å²) >= 11 is 0. The van der Waals surface area contributed by atoms with Gasteiger partial charge < -0.3 is 1.43 Å². The van der Waals surface area contributed by atoms with Crippen LogP contribution in [0, 0.1) is 0 Å². The van der Waals surface area contributed by atoms with Crippen LogP contribution in [0.3, 0.4) is 0 Å².